The van der Waals surface area contributed by atoms with E-state index in [1.807, 2.05) is 36.7 Å². The van der Waals surface area contributed by atoms with Gasteiger partial charge in [-0.1, -0.05) is 61.5 Å². The van der Waals surface area contributed by atoms with Crippen LogP contribution in [0.2, 0.25) is 0 Å². The first kappa shape index (κ1) is 13.3. The second-order valence-electron chi connectivity index (χ2n) is 4.57. The highest BCUT2D eigenvalue weighted by molar-refractivity contribution is 5.49. The highest BCUT2D eigenvalue weighted by atomic mass is 16.1. The number of rotatable bonds is 6. The molecule has 0 aliphatic rings. The number of hydrogen-bond acceptors (Lipinski definition) is 1. The van der Waals surface area contributed by atoms with Gasteiger partial charge in [0, 0.05) is 0 Å². The van der Waals surface area contributed by atoms with Crippen molar-refractivity contribution in [3.05, 3.63) is 71.3 Å². The van der Waals surface area contributed by atoms with Gasteiger partial charge in [-0.3, -0.25) is 4.79 Å². The number of carbonyl (C=O) groups excluding carboxylic acids is 1. The van der Waals surface area contributed by atoms with E-state index in [2.05, 4.69) is 36.5 Å². The molecule has 1 radical (unpaired) electrons. The molecule has 0 aliphatic carbocycles. The Labute approximate surface area is 114 Å². The molecule has 2 aromatic carbocycles. The fourth-order valence-corrected chi connectivity index (χ4v) is 2.32. The van der Waals surface area contributed by atoms with Crippen LogP contribution < -0.4 is 5.32 Å². The lowest BCUT2D eigenvalue weighted by Gasteiger charge is -2.18. The van der Waals surface area contributed by atoms with Crippen molar-refractivity contribution in [2.75, 3.05) is 0 Å². The van der Waals surface area contributed by atoms with E-state index in [1.165, 1.54) is 16.7 Å². The molecule has 0 fully saturated rings. The van der Waals surface area contributed by atoms with Crippen LogP contribution in [0.15, 0.2) is 54.6 Å². The first-order valence-corrected chi connectivity index (χ1v) is 6.59. The Bertz CT molecular complexity index is 522. The molecule has 2 rings (SSSR count). The molecule has 2 nitrogen and oxygen atoms in total. The predicted molar refractivity (Wildman–Crippen MR) is 77.6 cm³/mol. The first-order valence-electron chi connectivity index (χ1n) is 6.59. The van der Waals surface area contributed by atoms with Crippen LogP contribution in [0, 0.1) is 0 Å². The van der Waals surface area contributed by atoms with Crippen LogP contribution in [-0.4, -0.2) is 6.41 Å². The summed E-state index contributed by atoms with van der Waals surface area (Å²) in [6, 6.07) is 18.7. The van der Waals surface area contributed by atoms with E-state index in [4.69, 9.17) is 0 Å². The summed E-state index contributed by atoms with van der Waals surface area (Å²) in [5.41, 5.74) is 3.71. The molecule has 2 heteroatoms. The minimum absolute atomic E-state index is 0.0393. The quantitative estimate of drug-likeness (QED) is 0.784. The largest absolute Gasteiger partial charge is 0.341 e. The molecule has 1 atom stereocenters. The zero-order valence-electron chi connectivity index (χ0n) is 11.1. The van der Waals surface area contributed by atoms with Gasteiger partial charge in [-0.05, 0) is 29.5 Å². The predicted octanol–water partition coefficient (Wildman–Crippen LogP) is 3.39. The highest BCUT2D eigenvalue weighted by Gasteiger charge is 2.12. The van der Waals surface area contributed by atoms with Crippen LogP contribution in [0.25, 0.3) is 0 Å². The van der Waals surface area contributed by atoms with Crippen molar-refractivity contribution in [3.8, 4) is 0 Å². The Hall–Kier alpha value is -2.09. The SMILES string of the molecule is CCC(N[C]=O)c1ccccc1Cc1ccccc1. The summed E-state index contributed by atoms with van der Waals surface area (Å²) in [7, 11) is 0. The van der Waals surface area contributed by atoms with E-state index in [-0.39, 0.29) is 6.04 Å². The zero-order valence-corrected chi connectivity index (χ0v) is 11.1. The van der Waals surface area contributed by atoms with E-state index in [9.17, 15) is 4.79 Å². The normalized spacial score (nSPS) is 11.8. The summed E-state index contributed by atoms with van der Waals surface area (Å²) in [6.07, 6.45) is 3.55. The van der Waals surface area contributed by atoms with Crippen LogP contribution in [0.4, 0.5) is 0 Å². The topological polar surface area (TPSA) is 29.1 Å². The standard InChI is InChI=1S/C17H18NO/c1-2-17(18-13-19)16-11-7-6-10-15(16)12-14-8-4-3-5-9-14/h3-11,17H,2,12H2,1H3,(H,18,19). The van der Waals surface area contributed by atoms with Crippen LogP contribution in [0.5, 0.6) is 0 Å². The minimum atomic E-state index is 0.0393. The maximum absolute atomic E-state index is 10.6. The highest BCUT2D eigenvalue weighted by Crippen LogP contribution is 2.22. The van der Waals surface area contributed by atoms with Crippen molar-refractivity contribution in [2.24, 2.45) is 0 Å². The number of hydrogen-bond donors (Lipinski definition) is 1. The summed E-state index contributed by atoms with van der Waals surface area (Å²) < 4.78 is 0. The number of nitrogens with one attached hydrogen (secondary N) is 1. The lowest BCUT2D eigenvalue weighted by atomic mass is 9.94. The fraction of sp³-hybridized carbons (Fsp3) is 0.235. The molecule has 0 heterocycles. The molecule has 0 bridgehead atoms. The number of amides is 1. The van der Waals surface area contributed by atoms with E-state index < -0.39 is 0 Å². The van der Waals surface area contributed by atoms with Crippen molar-refractivity contribution in [1.82, 2.24) is 5.32 Å². The molecule has 1 amide bonds. The van der Waals surface area contributed by atoms with Crippen molar-refractivity contribution in [2.45, 2.75) is 25.8 Å². The Morgan fingerprint density at radius 3 is 2.42 bits per heavy atom. The molecule has 0 aliphatic heterocycles. The van der Waals surface area contributed by atoms with Gasteiger partial charge in [0.25, 0.3) is 0 Å². The van der Waals surface area contributed by atoms with Gasteiger partial charge in [0.05, 0.1) is 6.04 Å². The summed E-state index contributed by atoms with van der Waals surface area (Å²) in [4.78, 5) is 10.6. The van der Waals surface area contributed by atoms with Crippen LogP contribution >= 0.6 is 0 Å². The van der Waals surface area contributed by atoms with Gasteiger partial charge in [0.15, 0.2) is 0 Å². The minimum Gasteiger partial charge on any atom is -0.341 e. The molecule has 97 valence electrons. The van der Waals surface area contributed by atoms with Gasteiger partial charge >= 0.3 is 6.41 Å². The van der Waals surface area contributed by atoms with Crippen molar-refractivity contribution in [3.63, 3.8) is 0 Å². The smallest absolute Gasteiger partial charge is 0.309 e. The molecule has 19 heavy (non-hydrogen) atoms. The average molecular weight is 252 g/mol. The molecular weight excluding hydrogens is 234 g/mol. The van der Waals surface area contributed by atoms with Crippen molar-refractivity contribution < 1.29 is 4.79 Å². The third-order valence-corrected chi connectivity index (χ3v) is 3.31. The second-order valence-corrected chi connectivity index (χ2v) is 4.57. The Morgan fingerprint density at radius 1 is 1.05 bits per heavy atom. The van der Waals surface area contributed by atoms with Crippen LogP contribution in [0.3, 0.4) is 0 Å². The molecule has 2 aromatic rings. The Balaban J connectivity index is 2.27. The van der Waals surface area contributed by atoms with Gasteiger partial charge in [0.2, 0.25) is 0 Å². The molecule has 0 saturated carbocycles. The molecule has 0 spiro atoms. The van der Waals surface area contributed by atoms with Gasteiger partial charge in [-0.2, -0.15) is 0 Å². The Kier molecular flexibility index (Phi) is 4.73. The summed E-state index contributed by atoms with van der Waals surface area (Å²) >= 11 is 0. The summed E-state index contributed by atoms with van der Waals surface area (Å²) in [5.74, 6) is 0. The zero-order chi connectivity index (χ0) is 13.5. The van der Waals surface area contributed by atoms with Gasteiger partial charge in [-0.25, -0.2) is 0 Å². The van der Waals surface area contributed by atoms with Crippen LogP contribution in [-0.2, 0) is 11.2 Å². The lowest BCUT2D eigenvalue weighted by Crippen LogP contribution is -2.20. The maximum atomic E-state index is 10.6. The van der Waals surface area contributed by atoms with Gasteiger partial charge < -0.3 is 5.32 Å². The maximum Gasteiger partial charge on any atom is 0.309 e. The van der Waals surface area contributed by atoms with Crippen molar-refractivity contribution in [1.29, 1.82) is 0 Å². The van der Waals surface area contributed by atoms with E-state index in [0.717, 1.165) is 12.8 Å². The van der Waals surface area contributed by atoms with Crippen molar-refractivity contribution >= 4 is 6.41 Å². The molecular formula is C17H18NO. The van der Waals surface area contributed by atoms with Crippen LogP contribution in [0.1, 0.15) is 36.1 Å². The fourth-order valence-electron chi connectivity index (χ4n) is 2.32. The molecule has 1 unspecified atom stereocenters. The van der Waals surface area contributed by atoms with Gasteiger partial charge in [0.1, 0.15) is 0 Å². The summed E-state index contributed by atoms with van der Waals surface area (Å²) in [6.45, 7) is 2.06. The van der Waals surface area contributed by atoms with Gasteiger partial charge in [-0.15, -0.1) is 0 Å². The summed E-state index contributed by atoms with van der Waals surface area (Å²) in [5, 5.41) is 2.77. The number of benzene rings is 2. The van der Waals surface area contributed by atoms with E-state index in [1.54, 1.807) is 0 Å². The Morgan fingerprint density at radius 2 is 1.74 bits per heavy atom. The lowest BCUT2D eigenvalue weighted by molar-refractivity contribution is 0.516. The average Bonchev–Trinajstić information content (AvgIpc) is 2.47. The third-order valence-electron chi connectivity index (χ3n) is 3.31. The van der Waals surface area contributed by atoms with E-state index >= 15 is 0 Å². The molecule has 1 N–H and O–H groups in total. The third kappa shape index (κ3) is 3.44. The molecule has 0 saturated heterocycles. The monoisotopic (exact) mass is 252 g/mol. The first-order chi connectivity index (χ1) is 9.35. The molecule has 0 aromatic heterocycles. The second kappa shape index (κ2) is 6.74. The van der Waals surface area contributed by atoms with E-state index in [0.29, 0.717) is 0 Å².